The Labute approximate surface area is 459 Å². The third-order valence-electron chi connectivity index (χ3n) is 14.8. The Hall–Kier alpha value is -8.96. The molecule has 17 heteroatoms. The fourth-order valence-electron chi connectivity index (χ4n) is 10.9. The summed E-state index contributed by atoms with van der Waals surface area (Å²) in [5, 5.41) is 24.7. The molecule has 0 bridgehead atoms. The second-order valence-corrected chi connectivity index (χ2v) is 19.7. The van der Waals surface area contributed by atoms with E-state index in [9.17, 15) is 43.5 Å². The zero-order chi connectivity index (χ0) is 55.8. The van der Waals surface area contributed by atoms with E-state index in [2.05, 4.69) is 26.6 Å². The third kappa shape index (κ3) is 13.1. The van der Waals surface area contributed by atoms with Gasteiger partial charge in [-0.25, -0.2) is 4.79 Å². The fraction of sp³-hybridized carbons (Fsp3) is 0.290. The smallest absolute Gasteiger partial charge is 0.326 e. The van der Waals surface area contributed by atoms with Crippen LogP contribution in [0.4, 0.5) is 0 Å². The molecule has 0 unspecified atom stereocenters. The minimum Gasteiger partial charge on any atom is -0.480 e. The molecule has 2 heterocycles. The number of rotatable bonds is 23. The van der Waals surface area contributed by atoms with Crippen LogP contribution in [-0.2, 0) is 49.4 Å². The Morgan fingerprint density at radius 2 is 0.797 bits per heavy atom. The molecule has 17 nitrogen and oxygen atoms in total. The largest absolute Gasteiger partial charge is 0.480 e. The van der Waals surface area contributed by atoms with Crippen LogP contribution in [0, 0.1) is 0 Å². The van der Waals surface area contributed by atoms with Crippen LogP contribution in [0.3, 0.4) is 0 Å². The number of benzene rings is 6. The molecule has 2 aliphatic heterocycles. The second-order valence-electron chi connectivity index (χ2n) is 19.7. The summed E-state index contributed by atoms with van der Waals surface area (Å²) in [6.45, 7) is -0.483. The van der Waals surface area contributed by atoms with E-state index in [1.165, 1.54) is 9.80 Å². The van der Waals surface area contributed by atoms with Crippen molar-refractivity contribution in [2.24, 2.45) is 5.73 Å². The van der Waals surface area contributed by atoms with Gasteiger partial charge < -0.3 is 47.2 Å². The van der Waals surface area contributed by atoms with Gasteiger partial charge in [0.25, 0.3) is 0 Å². The molecule has 0 spiro atoms. The third-order valence-corrected chi connectivity index (χ3v) is 14.8. The highest BCUT2D eigenvalue weighted by atomic mass is 16.4. The van der Waals surface area contributed by atoms with E-state index < -0.39 is 89.1 Å². The number of hydrogen-bond acceptors (Lipinski definition) is 9. The maximum Gasteiger partial charge on any atom is 0.326 e. The van der Waals surface area contributed by atoms with Crippen LogP contribution in [-0.4, -0.2) is 113 Å². The van der Waals surface area contributed by atoms with Crippen LogP contribution < -0.4 is 32.3 Å². The average Bonchev–Trinajstić information content (AvgIpc) is 4.34. The van der Waals surface area contributed by atoms with Crippen molar-refractivity contribution in [2.75, 3.05) is 26.2 Å². The van der Waals surface area contributed by atoms with E-state index in [0.717, 1.165) is 33.4 Å². The number of carbonyl (C=O) groups is 8. The Morgan fingerprint density at radius 1 is 0.481 bits per heavy atom. The van der Waals surface area contributed by atoms with Crippen LogP contribution >= 0.6 is 0 Å². The predicted octanol–water partition coefficient (Wildman–Crippen LogP) is 4.87. The van der Waals surface area contributed by atoms with E-state index in [4.69, 9.17) is 5.73 Å². The summed E-state index contributed by atoms with van der Waals surface area (Å²) in [6, 6.07) is 51.9. The number of nitrogens with zero attached hydrogens (tertiary/aromatic N) is 2. The molecule has 0 aliphatic carbocycles. The molecule has 0 aromatic heterocycles. The normalized spacial score (nSPS) is 16.0. The number of carboxylic acids is 1. The fourth-order valence-corrected chi connectivity index (χ4v) is 10.9. The lowest BCUT2D eigenvalue weighted by Gasteiger charge is -2.37. The van der Waals surface area contributed by atoms with Crippen molar-refractivity contribution >= 4 is 47.3 Å². The van der Waals surface area contributed by atoms with Gasteiger partial charge in [0, 0.05) is 25.9 Å². The molecule has 8 rings (SSSR count). The van der Waals surface area contributed by atoms with Gasteiger partial charge in [0.1, 0.15) is 35.2 Å². The highest BCUT2D eigenvalue weighted by molar-refractivity contribution is 5.96. The van der Waals surface area contributed by atoms with Gasteiger partial charge in [0.05, 0.1) is 13.1 Å². The summed E-state index contributed by atoms with van der Waals surface area (Å²) in [4.78, 5) is 113. The van der Waals surface area contributed by atoms with Gasteiger partial charge in [-0.05, 0) is 71.9 Å². The number of amides is 7. The molecular weight excluding hydrogens is 1000 g/mol. The van der Waals surface area contributed by atoms with Gasteiger partial charge in [-0.2, -0.15) is 0 Å². The van der Waals surface area contributed by atoms with Crippen molar-refractivity contribution in [3.8, 4) is 0 Å². The molecule has 0 saturated carbocycles. The minimum absolute atomic E-state index is 0.131. The molecule has 7 amide bonds. The molecule has 2 saturated heterocycles. The standard InChI is InChI=1S/C62H66N8O9/c63-41-55(73)69-39-19-33-51(69)58(76)65-49(35-37-53(71)67-61(43-21-7-1-8-22-43,44-23-9-2-10-24-44)45-25-11-3-12-26-45)57(75)64-42-56(74)70-40-20-34-52(70)59(77)66-50(60(78)79)36-38-54(72)68-62(46-27-13-4-14-28-46,47-29-15-5-16-30-47)48-31-17-6-18-32-48/h1-18,21-32,49-52H,19-20,33-42,63H2,(H,64,75)(H,65,76)(H,66,77)(H,67,71)(H,68,72)(H,78,79)/t49-,50-,51-,52-/m0/s1. The van der Waals surface area contributed by atoms with Gasteiger partial charge >= 0.3 is 5.97 Å². The number of nitrogens with one attached hydrogen (secondary N) is 5. The highest BCUT2D eigenvalue weighted by Crippen LogP contribution is 2.38. The summed E-state index contributed by atoms with van der Waals surface area (Å²) in [5.41, 5.74) is 8.01. The van der Waals surface area contributed by atoms with Crippen molar-refractivity contribution in [2.45, 2.75) is 86.6 Å². The van der Waals surface area contributed by atoms with E-state index in [1.54, 1.807) is 0 Å². The minimum atomic E-state index is -1.49. The number of carbonyl (C=O) groups excluding carboxylic acids is 7. The first-order chi connectivity index (χ1) is 38.3. The van der Waals surface area contributed by atoms with E-state index in [1.807, 2.05) is 182 Å². The lowest BCUT2D eigenvalue weighted by molar-refractivity contribution is -0.144. The lowest BCUT2D eigenvalue weighted by atomic mass is 9.77. The molecule has 79 heavy (non-hydrogen) atoms. The Kier molecular flexibility index (Phi) is 18.8. The summed E-state index contributed by atoms with van der Waals surface area (Å²) >= 11 is 0. The quantitative estimate of drug-likeness (QED) is 0.0429. The molecule has 2 fully saturated rings. The lowest BCUT2D eigenvalue weighted by Crippen LogP contribution is -2.56. The highest BCUT2D eigenvalue weighted by Gasteiger charge is 2.42. The first-order valence-electron chi connectivity index (χ1n) is 26.7. The molecule has 408 valence electrons. The van der Waals surface area contributed by atoms with Gasteiger partial charge in [-0.3, -0.25) is 33.6 Å². The number of aliphatic carboxylic acids is 1. The topological polar surface area (TPSA) is 249 Å². The molecular formula is C62H66N8O9. The van der Waals surface area contributed by atoms with Crippen LogP contribution in [0.2, 0.25) is 0 Å². The summed E-state index contributed by atoms with van der Waals surface area (Å²) in [6.07, 6.45) is 0.449. The molecule has 8 N–H and O–H groups in total. The molecule has 0 radical (unpaired) electrons. The molecule has 2 aliphatic rings. The summed E-state index contributed by atoms with van der Waals surface area (Å²) < 4.78 is 0. The maximum absolute atomic E-state index is 14.4. The second kappa shape index (κ2) is 26.4. The number of hydrogen-bond donors (Lipinski definition) is 7. The zero-order valence-electron chi connectivity index (χ0n) is 43.8. The van der Waals surface area contributed by atoms with Crippen LogP contribution in [0.25, 0.3) is 0 Å². The monoisotopic (exact) mass is 1070 g/mol. The van der Waals surface area contributed by atoms with E-state index >= 15 is 0 Å². The van der Waals surface area contributed by atoms with Crippen LogP contribution in [0.1, 0.15) is 84.7 Å². The van der Waals surface area contributed by atoms with Crippen molar-refractivity contribution in [3.63, 3.8) is 0 Å². The van der Waals surface area contributed by atoms with Crippen molar-refractivity contribution in [3.05, 3.63) is 215 Å². The molecule has 4 atom stereocenters. The predicted molar refractivity (Wildman–Crippen MR) is 296 cm³/mol. The van der Waals surface area contributed by atoms with Gasteiger partial charge in [0.15, 0.2) is 0 Å². The molecule has 6 aromatic rings. The molecule has 6 aromatic carbocycles. The summed E-state index contributed by atoms with van der Waals surface area (Å²) in [5.74, 6) is -5.51. The van der Waals surface area contributed by atoms with Crippen molar-refractivity contribution in [1.82, 2.24) is 36.4 Å². The number of nitrogens with two attached hydrogens (primary N) is 1. The van der Waals surface area contributed by atoms with Gasteiger partial charge in [0.2, 0.25) is 41.4 Å². The van der Waals surface area contributed by atoms with E-state index in [-0.39, 0.29) is 45.2 Å². The Morgan fingerprint density at radius 3 is 1.13 bits per heavy atom. The number of carboxylic acid groups (broad SMARTS) is 1. The Bertz CT molecular complexity index is 2870. The Balaban J connectivity index is 0.941. The van der Waals surface area contributed by atoms with Gasteiger partial charge in [-0.1, -0.05) is 182 Å². The SMILES string of the molecule is NCC(=O)N1CCC[C@H]1C(=O)N[C@@H](CCC(=O)NC(c1ccccc1)(c1ccccc1)c1ccccc1)C(=O)NCC(=O)N1CCC[C@H]1C(=O)N[C@@H](CCC(=O)NC(c1ccccc1)(c1ccccc1)c1ccccc1)C(=O)O. The van der Waals surface area contributed by atoms with Crippen LogP contribution in [0.5, 0.6) is 0 Å². The average molecular weight is 1070 g/mol. The first kappa shape index (κ1) is 56.2. The van der Waals surface area contributed by atoms with Gasteiger partial charge in [-0.15, -0.1) is 0 Å². The van der Waals surface area contributed by atoms with Crippen molar-refractivity contribution in [1.29, 1.82) is 0 Å². The number of likely N-dealkylation sites (tertiary alicyclic amines) is 2. The van der Waals surface area contributed by atoms with Crippen LogP contribution in [0.15, 0.2) is 182 Å². The zero-order valence-corrected chi connectivity index (χ0v) is 43.8. The first-order valence-corrected chi connectivity index (χ1v) is 26.7. The summed E-state index contributed by atoms with van der Waals surface area (Å²) in [7, 11) is 0. The van der Waals surface area contributed by atoms with E-state index in [0.29, 0.717) is 25.8 Å². The maximum atomic E-state index is 14.4. The van der Waals surface area contributed by atoms with Crippen molar-refractivity contribution < 1.29 is 43.5 Å².